The van der Waals surface area contributed by atoms with Crippen molar-refractivity contribution >= 4 is 31.7 Å². The summed E-state index contributed by atoms with van der Waals surface area (Å²) in [4.78, 5) is 11.9. The number of nitrogens with one attached hydrogen (secondary N) is 2. The Morgan fingerprint density at radius 2 is 1.56 bits per heavy atom. The van der Waals surface area contributed by atoms with Gasteiger partial charge in [-0.05, 0) is 48.9 Å². The van der Waals surface area contributed by atoms with E-state index in [1.807, 2.05) is 4.72 Å². The average Bonchev–Trinajstić information content (AvgIpc) is 2.71. The quantitative estimate of drug-likeness (QED) is 0.271. The van der Waals surface area contributed by atoms with E-state index in [0.717, 1.165) is 30.5 Å². The Kier molecular flexibility index (Phi) is 8.35. The Hall–Kier alpha value is -3.27. The fraction of sp³-hybridized carbons (Fsp3) is 0.250. The molecule has 16 heteroatoms. The molecule has 0 bridgehead atoms. The van der Waals surface area contributed by atoms with Crippen molar-refractivity contribution in [3.8, 4) is 5.75 Å². The van der Waals surface area contributed by atoms with Crippen molar-refractivity contribution in [2.24, 2.45) is 0 Å². The van der Waals surface area contributed by atoms with Gasteiger partial charge in [0.1, 0.15) is 5.75 Å². The van der Waals surface area contributed by atoms with Crippen molar-refractivity contribution in [2.75, 3.05) is 17.5 Å². The van der Waals surface area contributed by atoms with Crippen molar-refractivity contribution < 1.29 is 52.2 Å². The molecule has 0 aliphatic carbocycles. The Morgan fingerprint density at radius 3 is 2.06 bits per heavy atom. The smallest absolute Gasteiger partial charge is 0.383 e. The zero-order chi connectivity index (χ0) is 27.5. The Bertz CT molecular complexity index is 1350. The second-order valence-corrected chi connectivity index (χ2v) is 10.5. The Balaban J connectivity index is 2.35. The molecule has 0 atom stereocenters. The average molecular weight is 560 g/mol. The van der Waals surface area contributed by atoms with Gasteiger partial charge in [0.05, 0.1) is 28.0 Å². The highest BCUT2D eigenvalue weighted by molar-refractivity contribution is 7.92. The van der Waals surface area contributed by atoms with Crippen molar-refractivity contribution in [1.29, 1.82) is 0 Å². The first-order valence-electron chi connectivity index (χ1n) is 9.56. The third kappa shape index (κ3) is 8.15. The molecule has 0 aliphatic rings. The van der Waals surface area contributed by atoms with E-state index in [1.54, 1.807) is 0 Å². The van der Waals surface area contributed by atoms with E-state index in [1.165, 1.54) is 0 Å². The molecule has 36 heavy (non-hydrogen) atoms. The number of carbonyl (C=O) groups excluding carboxylic acids is 1. The fourth-order valence-corrected chi connectivity index (χ4v) is 4.15. The molecule has 0 aromatic heterocycles. The van der Waals surface area contributed by atoms with Crippen LogP contribution in [0.25, 0.3) is 0 Å². The van der Waals surface area contributed by atoms with Gasteiger partial charge >= 0.3 is 22.5 Å². The molecule has 0 unspecified atom stereocenters. The van der Waals surface area contributed by atoms with Crippen LogP contribution in [0.15, 0.2) is 59.5 Å². The van der Waals surface area contributed by atoms with E-state index >= 15 is 0 Å². The maximum Gasteiger partial charge on any atom is 0.416 e. The van der Waals surface area contributed by atoms with Crippen molar-refractivity contribution in [1.82, 2.24) is 5.32 Å². The van der Waals surface area contributed by atoms with Gasteiger partial charge in [0.15, 0.2) is 0 Å². The number of sulfonamides is 1. The van der Waals surface area contributed by atoms with Gasteiger partial charge in [-0.25, -0.2) is 8.42 Å². The zero-order valence-corrected chi connectivity index (χ0v) is 19.8. The van der Waals surface area contributed by atoms with E-state index in [4.69, 9.17) is 0 Å². The first-order chi connectivity index (χ1) is 16.3. The number of carbonyl (C=O) groups is 1. The van der Waals surface area contributed by atoms with E-state index < -0.39 is 78.6 Å². The molecule has 0 spiro atoms. The lowest BCUT2D eigenvalue weighted by Gasteiger charge is -2.16. The van der Waals surface area contributed by atoms with Crippen molar-refractivity contribution in [2.45, 2.75) is 23.7 Å². The summed E-state index contributed by atoms with van der Waals surface area (Å²) in [5.74, 6) is -1.38. The van der Waals surface area contributed by atoms with Crippen LogP contribution in [-0.2, 0) is 26.3 Å². The van der Waals surface area contributed by atoms with E-state index in [9.17, 15) is 48.0 Å². The van der Waals surface area contributed by atoms with Gasteiger partial charge in [-0.2, -0.15) is 34.8 Å². The number of halogens is 6. The lowest BCUT2D eigenvalue weighted by molar-refractivity contribution is -0.137. The molecule has 2 aromatic carbocycles. The highest BCUT2D eigenvalue weighted by atomic mass is 32.2. The van der Waals surface area contributed by atoms with Gasteiger partial charge in [-0.3, -0.25) is 9.52 Å². The van der Waals surface area contributed by atoms with Gasteiger partial charge in [-0.1, -0.05) is 6.58 Å². The van der Waals surface area contributed by atoms with Gasteiger partial charge < -0.3 is 9.50 Å². The minimum Gasteiger partial charge on any atom is -0.383 e. The van der Waals surface area contributed by atoms with Crippen LogP contribution < -0.4 is 14.2 Å². The standard InChI is InChI=1S/C20H18F6N2O6S2/c1-12(19(21,22)23)9-10-27-18(29)16-8-3-13(20(24,25)26)11-17(16)28-36(32,33)15-6-4-14(5-7-15)34-35(2,30)31/h3-8,11,28H,1,9-10H2,2H3,(H,27,29). The molecule has 0 radical (unpaired) electrons. The summed E-state index contributed by atoms with van der Waals surface area (Å²) in [5, 5.41) is 2.07. The molecule has 2 N–H and O–H groups in total. The van der Waals surface area contributed by atoms with E-state index in [0.29, 0.717) is 18.2 Å². The van der Waals surface area contributed by atoms with Crippen LogP contribution in [-0.4, -0.2) is 41.7 Å². The molecule has 0 aliphatic heterocycles. The van der Waals surface area contributed by atoms with Crippen LogP contribution in [0.4, 0.5) is 32.0 Å². The molecule has 8 nitrogen and oxygen atoms in total. The number of alkyl halides is 6. The first-order valence-corrected chi connectivity index (χ1v) is 12.9. The van der Waals surface area contributed by atoms with Crippen molar-refractivity contribution in [3.63, 3.8) is 0 Å². The predicted molar refractivity (Wildman–Crippen MR) is 116 cm³/mol. The molecule has 2 rings (SSSR count). The minimum absolute atomic E-state index is 0.240. The van der Waals surface area contributed by atoms with Crippen LogP contribution in [0.2, 0.25) is 0 Å². The Morgan fingerprint density at radius 1 is 0.972 bits per heavy atom. The highest BCUT2D eigenvalue weighted by Crippen LogP contribution is 2.33. The van der Waals surface area contributed by atoms with Crippen molar-refractivity contribution in [3.05, 3.63) is 65.7 Å². The molecule has 2 aromatic rings. The van der Waals surface area contributed by atoms with Gasteiger partial charge in [0, 0.05) is 12.1 Å². The Labute approximate surface area is 202 Å². The number of anilines is 1. The number of hydrogen-bond donors (Lipinski definition) is 2. The molecule has 0 saturated heterocycles. The maximum atomic E-state index is 13.2. The van der Waals surface area contributed by atoms with Crippen LogP contribution in [0.3, 0.4) is 0 Å². The summed E-state index contributed by atoms with van der Waals surface area (Å²) in [5.41, 5.74) is -3.85. The predicted octanol–water partition coefficient (Wildman–Crippen LogP) is 4.08. The summed E-state index contributed by atoms with van der Waals surface area (Å²) in [6.45, 7) is 2.25. The molecule has 0 heterocycles. The molecule has 1 amide bonds. The normalized spacial score (nSPS) is 12.6. The number of amides is 1. The van der Waals surface area contributed by atoms with Crippen LogP contribution in [0.1, 0.15) is 22.3 Å². The summed E-state index contributed by atoms with van der Waals surface area (Å²) >= 11 is 0. The van der Waals surface area contributed by atoms with Crippen LogP contribution >= 0.6 is 0 Å². The SMILES string of the molecule is C=C(CCNC(=O)c1ccc(C(F)(F)F)cc1NS(=O)(=O)c1ccc(OS(C)(=O)=O)cc1)C(F)(F)F. The second kappa shape index (κ2) is 10.4. The van der Waals surface area contributed by atoms with Crippen LogP contribution in [0.5, 0.6) is 5.75 Å². The van der Waals surface area contributed by atoms with Gasteiger partial charge in [0.2, 0.25) is 0 Å². The topological polar surface area (TPSA) is 119 Å². The van der Waals surface area contributed by atoms with Crippen LogP contribution in [0, 0.1) is 0 Å². The summed E-state index contributed by atoms with van der Waals surface area (Å²) < 4.78 is 131. The maximum absolute atomic E-state index is 13.2. The highest BCUT2D eigenvalue weighted by Gasteiger charge is 2.33. The lowest BCUT2D eigenvalue weighted by atomic mass is 10.1. The van der Waals surface area contributed by atoms with E-state index in [2.05, 4.69) is 16.1 Å². The second-order valence-electron chi connectivity index (χ2n) is 7.23. The molecule has 198 valence electrons. The molecule has 0 saturated carbocycles. The minimum atomic E-state index is -4.91. The molecular formula is C20H18F6N2O6S2. The zero-order valence-electron chi connectivity index (χ0n) is 18.2. The lowest BCUT2D eigenvalue weighted by Crippen LogP contribution is -2.28. The first kappa shape index (κ1) is 29.0. The third-order valence-electron chi connectivity index (χ3n) is 4.33. The number of benzene rings is 2. The number of hydrogen-bond acceptors (Lipinski definition) is 6. The van der Waals surface area contributed by atoms with Gasteiger partial charge in [-0.15, -0.1) is 0 Å². The monoisotopic (exact) mass is 560 g/mol. The summed E-state index contributed by atoms with van der Waals surface area (Å²) in [6.07, 6.45) is -9.58. The largest absolute Gasteiger partial charge is 0.416 e. The summed E-state index contributed by atoms with van der Waals surface area (Å²) in [7, 11) is -8.52. The fourth-order valence-electron chi connectivity index (χ4n) is 2.62. The third-order valence-corrected chi connectivity index (χ3v) is 6.21. The number of rotatable bonds is 9. The molecule has 0 fully saturated rings. The summed E-state index contributed by atoms with van der Waals surface area (Å²) in [6, 6.07) is 5.27. The van der Waals surface area contributed by atoms with E-state index in [-0.39, 0.29) is 5.75 Å². The van der Waals surface area contributed by atoms with Gasteiger partial charge in [0.25, 0.3) is 15.9 Å². The molecular weight excluding hydrogens is 542 g/mol.